The minimum absolute atomic E-state index is 0.00908. The van der Waals surface area contributed by atoms with Crippen LogP contribution in [0.25, 0.3) is 0 Å². The highest BCUT2D eigenvalue weighted by Gasteiger charge is 2.29. The first-order valence-electron chi connectivity index (χ1n) is 6.16. The highest BCUT2D eigenvalue weighted by atomic mass is 32.2. The van der Waals surface area contributed by atoms with Crippen LogP contribution in [0, 0.1) is 11.8 Å². The van der Waals surface area contributed by atoms with Gasteiger partial charge in [-0.3, -0.25) is 4.79 Å². The van der Waals surface area contributed by atoms with Crippen LogP contribution in [0.3, 0.4) is 0 Å². The van der Waals surface area contributed by atoms with E-state index < -0.39 is 20.7 Å². The SMILES string of the molecule is CC(C)CC(CNS(=O)(=O)C(C)(C)C)CC(=O)O. The van der Waals surface area contributed by atoms with Crippen LogP contribution in [0.1, 0.15) is 47.5 Å². The van der Waals surface area contributed by atoms with Crippen molar-refractivity contribution in [2.45, 2.75) is 52.2 Å². The van der Waals surface area contributed by atoms with Crippen molar-refractivity contribution < 1.29 is 18.3 Å². The van der Waals surface area contributed by atoms with E-state index in [0.29, 0.717) is 12.3 Å². The van der Waals surface area contributed by atoms with Crippen molar-refractivity contribution in [3.8, 4) is 0 Å². The maximum Gasteiger partial charge on any atom is 0.303 e. The van der Waals surface area contributed by atoms with Gasteiger partial charge in [0.1, 0.15) is 0 Å². The Morgan fingerprint density at radius 1 is 1.28 bits per heavy atom. The van der Waals surface area contributed by atoms with Gasteiger partial charge in [-0.25, -0.2) is 13.1 Å². The Bertz CT molecular complexity index is 368. The van der Waals surface area contributed by atoms with Crippen LogP contribution in [-0.4, -0.2) is 30.8 Å². The predicted octanol–water partition coefficient (Wildman–Crippen LogP) is 1.84. The highest BCUT2D eigenvalue weighted by molar-refractivity contribution is 7.90. The molecule has 0 aliphatic carbocycles. The molecule has 0 spiro atoms. The molecule has 1 atom stereocenters. The lowest BCUT2D eigenvalue weighted by Crippen LogP contribution is -2.41. The summed E-state index contributed by atoms with van der Waals surface area (Å²) in [6, 6.07) is 0. The summed E-state index contributed by atoms with van der Waals surface area (Å²) in [7, 11) is -3.41. The van der Waals surface area contributed by atoms with Gasteiger partial charge in [-0.15, -0.1) is 0 Å². The van der Waals surface area contributed by atoms with Gasteiger partial charge in [0.2, 0.25) is 10.0 Å². The van der Waals surface area contributed by atoms with Crippen molar-refractivity contribution in [2.75, 3.05) is 6.54 Å². The lowest BCUT2D eigenvalue weighted by molar-refractivity contribution is -0.138. The second kappa shape index (κ2) is 6.52. The zero-order chi connectivity index (χ0) is 14.6. The lowest BCUT2D eigenvalue weighted by Gasteiger charge is -2.23. The molecule has 6 heteroatoms. The van der Waals surface area contributed by atoms with Gasteiger partial charge in [-0.1, -0.05) is 13.8 Å². The summed E-state index contributed by atoms with van der Waals surface area (Å²) >= 11 is 0. The van der Waals surface area contributed by atoms with Gasteiger partial charge >= 0.3 is 5.97 Å². The molecule has 108 valence electrons. The molecule has 0 aromatic heterocycles. The van der Waals surface area contributed by atoms with E-state index in [4.69, 9.17) is 5.11 Å². The number of sulfonamides is 1. The first-order valence-corrected chi connectivity index (χ1v) is 7.65. The molecule has 0 aliphatic rings. The van der Waals surface area contributed by atoms with Gasteiger partial charge in [0.05, 0.1) is 4.75 Å². The van der Waals surface area contributed by atoms with E-state index in [9.17, 15) is 13.2 Å². The molecular formula is C12H25NO4S. The number of carbonyl (C=O) groups is 1. The minimum Gasteiger partial charge on any atom is -0.481 e. The van der Waals surface area contributed by atoms with Crippen LogP contribution < -0.4 is 4.72 Å². The van der Waals surface area contributed by atoms with Crippen LogP contribution in [0.4, 0.5) is 0 Å². The van der Waals surface area contributed by atoms with Crippen molar-refractivity contribution >= 4 is 16.0 Å². The smallest absolute Gasteiger partial charge is 0.303 e. The van der Waals surface area contributed by atoms with Gasteiger partial charge in [0, 0.05) is 13.0 Å². The topological polar surface area (TPSA) is 83.5 Å². The molecule has 1 unspecified atom stereocenters. The average molecular weight is 279 g/mol. The number of carboxylic acid groups (broad SMARTS) is 1. The molecule has 0 fully saturated rings. The first-order chi connectivity index (χ1) is 7.95. The third kappa shape index (κ3) is 6.35. The zero-order valence-corrected chi connectivity index (χ0v) is 12.7. The summed E-state index contributed by atoms with van der Waals surface area (Å²) in [4.78, 5) is 10.7. The van der Waals surface area contributed by atoms with Crippen molar-refractivity contribution in [3.05, 3.63) is 0 Å². The Morgan fingerprint density at radius 2 is 1.78 bits per heavy atom. The first kappa shape index (κ1) is 17.4. The fourth-order valence-electron chi connectivity index (χ4n) is 1.60. The largest absolute Gasteiger partial charge is 0.481 e. The van der Waals surface area contributed by atoms with E-state index in [1.54, 1.807) is 20.8 Å². The average Bonchev–Trinajstić information content (AvgIpc) is 2.10. The zero-order valence-electron chi connectivity index (χ0n) is 11.9. The van der Waals surface area contributed by atoms with E-state index in [-0.39, 0.29) is 18.9 Å². The van der Waals surface area contributed by atoms with Gasteiger partial charge in [0.15, 0.2) is 0 Å². The van der Waals surface area contributed by atoms with Crippen LogP contribution in [0.15, 0.2) is 0 Å². The summed E-state index contributed by atoms with van der Waals surface area (Å²) < 4.78 is 25.4. The van der Waals surface area contributed by atoms with Crippen LogP contribution in [0.2, 0.25) is 0 Å². The predicted molar refractivity (Wildman–Crippen MR) is 71.9 cm³/mol. The van der Waals surface area contributed by atoms with Gasteiger partial charge in [0.25, 0.3) is 0 Å². The highest BCUT2D eigenvalue weighted by Crippen LogP contribution is 2.17. The van der Waals surface area contributed by atoms with E-state index in [1.165, 1.54) is 0 Å². The molecule has 0 aromatic rings. The molecule has 0 radical (unpaired) electrons. The molecule has 0 rings (SSSR count). The summed E-state index contributed by atoms with van der Waals surface area (Å²) in [5.74, 6) is -0.719. The van der Waals surface area contributed by atoms with Gasteiger partial charge < -0.3 is 5.11 Å². The molecule has 0 aromatic carbocycles. The fourth-order valence-corrected chi connectivity index (χ4v) is 2.48. The molecule has 0 saturated heterocycles. The number of rotatable bonds is 7. The minimum atomic E-state index is -3.41. The van der Waals surface area contributed by atoms with Gasteiger partial charge in [-0.2, -0.15) is 0 Å². The van der Waals surface area contributed by atoms with E-state index in [1.807, 2.05) is 13.8 Å². The van der Waals surface area contributed by atoms with E-state index in [2.05, 4.69) is 4.72 Å². The summed E-state index contributed by atoms with van der Waals surface area (Å²) in [6.45, 7) is 9.02. The maximum absolute atomic E-state index is 11.9. The van der Waals surface area contributed by atoms with Crippen LogP contribution >= 0.6 is 0 Å². The van der Waals surface area contributed by atoms with Crippen molar-refractivity contribution in [1.29, 1.82) is 0 Å². The van der Waals surface area contributed by atoms with Crippen molar-refractivity contribution in [2.24, 2.45) is 11.8 Å². The Kier molecular flexibility index (Phi) is 6.29. The second-order valence-electron chi connectivity index (χ2n) is 6.06. The summed E-state index contributed by atoms with van der Waals surface area (Å²) in [6.07, 6.45) is 0.684. The number of hydrogen-bond acceptors (Lipinski definition) is 3. The molecule has 0 saturated carbocycles. The Labute approximate surface area is 110 Å². The van der Waals surface area contributed by atoms with E-state index in [0.717, 1.165) is 0 Å². The Balaban J connectivity index is 4.57. The van der Waals surface area contributed by atoms with Crippen LogP contribution in [-0.2, 0) is 14.8 Å². The standard InChI is InChI=1S/C12H25NO4S/c1-9(2)6-10(7-11(14)15)8-13-18(16,17)12(3,4)5/h9-10,13H,6-8H2,1-5H3,(H,14,15). The Morgan fingerprint density at radius 3 is 2.11 bits per heavy atom. The molecular weight excluding hydrogens is 254 g/mol. The molecule has 18 heavy (non-hydrogen) atoms. The number of carboxylic acids is 1. The third-order valence-corrected chi connectivity index (χ3v) is 4.80. The summed E-state index contributed by atoms with van der Waals surface area (Å²) in [5, 5.41) is 8.81. The molecule has 5 nitrogen and oxygen atoms in total. The molecule has 0 heterocycles. The molecule has 0 aliphatic heterocycles. The molecule has 0 amide bonds. The van der Waals surface area contributed by atoms with Crippen molar-refractivity contribution in [3.63, 3.8) is 0 Å². The Hall–Kier alpha value is -0.620. The van der Waals surface area contributed by atoms with Crippen molar-refractivity contribution in [1.82, 2.24) is 4.72 Å². The fraction of sp³-hybridized carbons (Fsp3) is 0.917. The number of aliphatic carboxylic acids is 1. The normalized spacial score (nSPS) is 14.8. The van der Waals surface area contributed by atoms with Gasteiger partial charge in [-0.05, 0) is 39.0 Å². The van der Waals surface area contributed by atoms with E-state index >= 15 is 0 Å². The summed E-state index contributed by atoms with van der Waals surface area (Å²) in [5.41, 5.74) is 0. The monoisotopic (exact) mass is 279 g/mol. The van der Waals surface area contributed by atoms with Crippen LogP contribution in [0.5, 0.6) is 0 Å². The molecule has 0 bridgehead atoms. The lowest BCUT2D eigenvalue weighted by atomic mass is 9.94. The third-order valence-electron chi connectivity index (χ3n) is 2.64. The number of hydrogen-bond donors (Lipinski definition) is 2. The molecule has 2 N–H and O–H groups in total. The maximum atomic E-state index is 11.9. The second-order valence-corrected chi connectivity index (χ2v) is 8.58. The number of nitrogens with one attached hydrogen (secondary N) is 1. The quantitative estimate of drug-likeness (QED) is 0.745.